The number of rotatable bonds is 9. The number of ether oxygens (including phenoxy) is 2. The lowest BCUT2D eigenvalue weighted by Crippen LogP contribution is -2.20. The van der Waals surface area contributed by atoms with Crippen molar-refractivity contribution in [2.75, 3.05) is 6.61 Å². The van der Waals surface area contributed by atoms with Gasteiger partial charge in [-0.05, 0) is 31.7 Å². The second-order valence-electron chi connectivity index (χ2n) is 5.43. The van der Waals surface area contributed by atoms with Crippen molar-refractivity contribution < 1.29 is 19.1 Å². The van der Waals surface area contributed by atoms with Gasteiger partial charge in [-0.2, -0.15) is 0 Å². The molecule has 1 rings (SSSR count). The molecule has 4 nitrogen and oxygen atoms in total. The highest BCUT2D eigenvalue weighted by Crippen LogP contribution is 2.19. The Morgan fingerprint density at radius 3 is 2.27 bits per heavy atom. The molecule has 0 aliphatic carbocycles. The van der Waals surface area contributed by atoms with Crippen molar-refractivity contribution in [1.82, 2.24) is 0 Å². The zero-order chi connectivity index (χ0) is 16.4. The first kappa shape index (κ1) is 18.2. The molecule has 4 heteroatoms. The number of carbonyl (C=O) groups is 2. The molecule has 122 valence electrons. The Hall–Kier alpha value is -1.84. The summed E-state index contributed by atoms with van der Waals surface area (Å²) in [6.45, 7) is 6.27. The van der Waals surface area contributed by atoms with Crippen molar-refractivity contribution >= 4 is 11.9 Å². The molecule has 0 aromatic heterocycles. The molecule has 0 aliphatic heterocycles. The van der Waals surface area contributed by atoms with E-state index in [1.807, 2.05) is 44.2 Å². The van der Waals surface area contributed by atoms with E-state index in [9.17, 15) is 9.59 Å². The van der Waals surface area contributed by atoms with Crippen molar-refractivity contribution in [3.8, 4) is 0 Å². The molecule has 0 bridgehead atoms. The van der Waals surface area contributed by atoms with E-state index in [1.165, 1.54) is 0 Å². The zero-order valence-electron chi connectivity index (χ0n) is 13.7. The smallest absolute Gasteiger partial charge is 0.309 e. The van der Waals surface area contributed by atoms with Gasteiger partial charge in [-0.1, -0.05) is 44.2 Å². The molecule has 0 fully saturated rings. The largest absolute Gasteiger partial charge is 0.466 e. The van der Waals surface area contributed by atoms with Gasteiger partial charge >= 0.3 is 11.9 Å². The van der Waals surface area contributed by atoms with Gasteiger partial charge in [0.05, 0.1) is 18.4 Å². The summed E-state index contributed by atoms with van der Waals surface area (Å²) in [7, 11) is 0. The Morgan fingerprint density at radius 1 is 1.00 bits per heavy atom. The number of benzene rings is 1. The molecule has 0 amide bonds. The van der Waals surface area contributed by atoms with Crippen LogP contribution in [0.25, 0.3) is 0 Å². The van der Waals surface area contributed by atoms with Crippen LogP contribution < -0.4 is 0 Å². The van der Waals surface area contributed by atoms with Gasteiger partial charge in [0.25, 0.3) is 0 Å². The molecule has 1 aromatic carbocycles. The number of hydrogen-bond donors (Lipinski definition) is 0. The van der Waals surface area contributed by atoms with Gasteiger partial charge in [0.2, 0.25) is 0 Å². The van der Waals surface area contributed by atoms with E-state index in [0.717, 1.165) is 5.56 Å². The second kappa shape index (κ2) is 9.98. The molecule has 0 heterocycles. The first-order valence-electron chi connectivity index (χ1n) is 7.95. The molecular weight excluding hydrogens is 280 g/mol. The van der Waals surface area contributed by atoms with E-state index in [4.69, 9.17) is 9.47 Å². The van der Waals surface area contributed by atoms with Crippen LogP contribution in [0, 0.1) is 11.8 Å². The highest BCUT2D eigenvalue weighted by Gasteiger charge is 2.21. The second-order valence-corrected chi connectivity index (χ2v) is 5.43. The highest BCUT2D eigenvalue weighted by molar-refractivity contribution is 5.73. The summed E-state index contributed by atoms with van der Waals surface area (Å²) < 4.78 is 10.3. The monoisotopic (exact) mass is 306 g/mol. The summed E-state index contributed by atoms with van der Waals surface area (Å²) in [5, 5.41) is 0. The van der Waals surface area contributed by atoms with Gasteiger partial charge in [0, 0.05) is 0 Å². The molecule has 0 saturated heterocycles. The van der Waals surface area contributed by atoms with Crippen LogP contribution >= 0.6 is 0 Å². The molecule has 2 atom stereocenters. The lowest BCUT2D eigenvalue weighted by atomic mass is 9.95. The molecule has 0 spiro atoms. The Balaban J connectivity index is 2.39. The maximum atomic E-state index is 12.1. The fourth-order valence-electron chi connectivity index (χ4n) is 2.19. The number of esters is 2. The third-order valence-corrected chi connectivity index (χ3v) is 3.69. The zero-order valence-corrected chi connectivity index (χ0v) is 13.7. The minimum atomic E-state index is -0.199. The molecule has 0 saturated carbocycles. The molecule has 0 radical (unpaired) electrons. The first-order valence-corrected chi connectivity index (χ1v) is 7.95. The molecule has 0 N–H and O–H groups in total. The maximum absolute atomic E-state index is 12.1. The van der Waals surface area contributed by atoms with Crippen molar-refractivity contribution in [2.45, 2.75) is 46.6 Å². The molecular formula is C18H26O4. The van der Waals surface area contributed by atoms with E-state index in [0.29, 0.717) is 32.5 Å². The minimum Gasteiger partial charge on any atom is -0.466 e. The van der Waals surface area contributed by atoms with E-state index < -0.39 is 0 Å². The normalized spacial score (nSPS) is 13.2. The fraction of sp³-hybridized carbons (Fsp3) is 0.556. The summed E-state index contributed by atoms with van der Waals surface area (Å²) in [6, 6.07) is 9.62. The molecule has 0 aliphatic rings. The predicted octanol–water partition coefficient (Wildman–Crippen LogP) is 3.74. The quantitative estimate of drug-likeness (QED) is 0.652. The minimum absolute atomic E-state index is 0.166. The SMILES string of the molecule is CCOC(=O)C(C)CCC(CC)C(=O)OCc1ccccc1. The van der Waals surface area contributed by atoms with Crippen LogP contribution in [0.4, 0.5) is 0 Å². The Bertz CT molecular complexity index is 455. The summed E-state index contributed by atoms with van der Waals surface area (Å²) in [5.41, 5.74) is 0.977. The third kappa shape index (κ3) is 6.29. The standard InChI is InChI=1S/C18H26O4/c1-4-16(12-11-14(3)17(19)21-5-2)18(20)22-13-15-9-7-6-8-10-15/h6-10,14,16H,4-5,11-13H2,1-3H3. The van der Waals surface area contributed by atoms with Crippen molar-refractivity contribution in [3.05, 3.63) is 35.9 Å². The lowest BCUT2D eigenvalue weighted by Gasteiger charge is -2.16. The van der Waals surface area contributed by atoms with Gasteiger partial charge in [0.15, 0.2) is 0 Å². The van der Waals surface area contributed by atoms with Crippen LogP contribution in [-0.4, -0.2) is 18.5 Å². The topological polar surface area (TPSA) is 52.6 Å². The summed E-state index contributed by atoms with van der Waals surface area (Å²) >= 11 is 0. The summed E-state index contributed by atoms with van der Waals surface area (Å²) in [5.74, 6) is -0.742. The first-order chi connectivity index (χ1) is 10.6. The van der Waals surface area contributed by atoms with Crippen LogP contribution in [0.15, 0.2) is 30.3 Å². The lowest BCUT2D eigenvalue weighted by molar-refractivity contribution is -0.152. The Labute approximate surface area is 132 Å². The van der Waals surface area contributed by atoms with Crippen LogP contribution in [0.2, 0.25) is 0 Å². The van der Waals surface area contributed by atoms with Crippen molar-refractivity contribution in [2.24, 2.45) is 11.8 Å². The highest BCUT2D eigenvalue weighted by atomic mass is 16.5. The summed E-state index contributed by atoms with van der Waals surface area (Å²) in [4.78, 5) is 23.7. The fourth-order valence-corrected chi connectivity index (χ4v) is 2.19. The average molecular weight is 306 g/mol. The van der Waals surface area contributed by atoms with Gasteiger partial charge in [0.1, 0.15) is 6.61 Å². The van der Waals surface area contributed by atoms with Gasteiger partial charge in [-0.15, -0.1) is 0 Å². The predicted molar refractivity (Wildman–Crippen MR) is 85.1 cm³/mol. The number of hydrogen-bond acceptors (Lipinski definition) is 4. The molecule has 2 unspecified atom stereocenters. The van der Waals surface area contributed by atoms with Crippen LogP contribution in [-0.2, 0) is 25.7 Å². The van der Waals surface area contributed by atoms with Crippen LogP contribution in [0.3, 0.4) is 0 Å². The molecule has 22 heavy (non-hydrogen) atoms. The van der Waals surface area contributed by atoms with Gasteiger partial charge < -0.3 is 9.47 Å². The van der Waals surface area contributed by atoms with Crippen LogP contribution in [0.5, 0.6) is 0 Å². The average Bonchev–Trinajstić information content (AvgIpc) is 2.54. The van der Waals surface area contributed by atoms with E-state index >= 15 is 0 Å². The maximum Gasteiger partial charge on any atom is 0.309 e. The Morgan fingerprint density at radius 2 is 1.68 bits per heavy atom. The van der Waals surface area contributed by atoms with Crippen molar-refractivity contribution in [1.29, 1.82) is 0 Å². The third-order valence-electron chi connectivity index (χ3n) is 3.69. The van der Waals surface area contributed by atoms with E-state index in [-0.39, 0.29) is 23.8 Å². The van der Waals surface area contributed by atoms with Gasteiger partial charge in [-0.3, -0.25) is 9.59 Å². The Kier molecular flexibility index (Phi) is 8.26. The van der Waals surface area contributed by atoms with Crippen molar-refractivity contribution in [3.63, 3.8) is 0 Å². The van der Waals surface area contributed by atoms with E-state index in [1.54, 1.807) is 6.92 Å². The summed E-state index contributed by atoms with van der Waals surface area (Å²) in [6.07, 6.45) is 1.99. The van der Waals surface area contributed by atoms with Gasteiger partial charge in [-0.25, -0.2) is 0 Å². The van der Waals surface area contributed by atoms with Crippen LogP contribution in [0.1, 0.15) is 45.6 Å². The molecule has 1 aromatic rings. The number of carbonyl (C=O) groups excluding carboxylic acids is 2. The van der Waals surface area contributed by atoms with E-state index in [2.05, 4.69) is 0 Å².